The molecule has 0 bridgehead atoms. The van der Waals surface area contributed by atoms with Crippen LogP contribution in [0.5, 0.6) is 11.5 Å². The van der Waals surface area contributed by atoms with Gasteiger partial charge in [0.05, 0.1) is 12.6 Å². The highest BCUT2D eigenvalue weighted by atomic mass is 16.5. The second-order valence-corrected chi connectivity index (χ2v) is 7.51. The Morgan fingerprint density at radius 3 is 2.64 bits per heavy atom. The van der Waals surface area contributed by atoms with Gasteiger partial charge in [-0.15, -0.1) is 10.2 Å². The van der Waals surface area contributed by atoms with Gasteiger partial charge in [-0.3, -0.25) is 9.20 Å². The molecule has 0 aliphatic heterocycles. The number of aromatic nitrogens is 3. The number of anilines is 1. The van der Waals surface area contributed by atoms with E-state index >= 15 is 0 Å². The summed E-state index contributed by atoms with van der Waals surface area (Å²) >= 11 is 0. The Hall–Kier alpha value is -3.91. The van der Waals surface area contributed by atoms with Gasteiger partial charge in [0.25, 0.3) is 5.91 Å². The van der Waals surface area contributed by atoms with Crippen molar-refractivity contribution < 1.29 is 14.3 Å². The first kappa shape index (κ1) is 22.3. The van der Waals surface area contributed by atoms with Gasteiger partial charge in [0.15, 0.2) is 29.6 Å². The molecule has 2 heterocycles. The zero-order valence-electron chi connectivity index (χ0n) is 18.7. The van der Waals surface area contributed by atoms with E-state index in [9.17, 15) is 4.79 Å². The molecule has 8 heteroatoms. The van der Waals surface area contributed by atoms with Crippen molar-refractivity contribution in [3.63, 3.8) is 0 Å². The summed E-state index contributed by atoms with van der Waals surface area (Å²) in [7, 11) is 0. The van der Waals surface area contributed by atoms with E-state index in [2.05, 4.69) is 27.8 Å². The smallest absolute Gasteiger partial charge is 0.262 e. The molecule has 2 N–H and O–H groups in total. The van der Waals surface area contributed by atoms with Crippen molar-refractivity contribution in [3.8, 4) is 11.5 Å². The maximum Gasteiger partial charge on any atom is 0.262 e. The molecule has 1 amide bonds. The number of nitrogens with zero attached hydrogens (tertiary/aromatic N) is 3. The fourth-order valence-electron chi connectivity index (χ4n) is 3.43. The Labute approximate surface area is 192 Å². The lowest BCUT2D eigenvalue weighted by Gasteiger charge is -2.15. The summed E-state index contributed by atoms with van der Waals surface area (Å²) in [6, 6.07) is 20.8. The average Bonchev–Trinajstić information content (AvgIpc) is 3.27. The Balaban J connectivity index is 1.37. The molecule has 8 nitrogen and oxygen atoms in total. The molecule has 4 aromatic rings. The third-order valence-electron chi connectivity index (χ3n) is 5.06. The highest BCUT2D eigenvalue weighted by Crippen LogP contribution is 2.29. The zero-order valence-corrected chi connectivity index (χ0v) is 18.7. The minimum atomic E-state index is -0.233. The highest BCUT2D eigenvalue weighted by Gasteiger charge is 2.14. The molecule has 0 spiro atoms. The number of ether oxygens (including phenoxy) is 2. The highest BCUT2D eigenvalue weighted by molar-refractivity contribution is 5.91. The van der Waals surface area contributed by atoms with Crippen molar-refractivity contribution >= 4 is 17.2 Å². The molecule has 0 radical (unpaired) electrons. The van der Waals surface area contributed by atoms with Crippen LogP contribution < -0.4 is 20.1 Å². The van der Waals surface area contributed by atoms with Crippen LogP contribution in [0.3, 0.4) is 0 Å². The van der Waals surface area contributed by atoms with E-state index in [4.69, 9.17) is 9.47 Å². The lowest BCUT2D eigenvalue weighted by molar-refractivity contribution is -0.118. The van der Waals surface area contributed by atoms with Crippen LogP contribution in [-0.4, -0.2) is 33.7 Å². The predicted octanol–water partition coefficient (Wildman–Crippen LogP) is 4.00. The quantitative estimate of drug-likeness (QED) is 0.384. The molecule has 1 atom stereocenters. The molecule has 0 saturated heterocycles. The van der Waals surface area contributed by atoms with E-state index in [1.807, 2.05) is 84.3 Å². The van der Waals surface area contributed by atoms with Crippen molar-refractivity contribution in [1.29, 1.82) is 0 Å². The molecule has 2 aromatic heterocycles. The Morgan fingerprint density at radius 2 is 1.82 bits per heavy atom. The van der Waals surface area contributed by atoms with Crippen molar-refractivity contribution in [2.45, 2.75) is 26.4 Å². The van der Waals surface area contributed by atoms with Crippen LogP contribution in [0.1, 0.15) is 31.3 Å². The first-order valence-corrected chi connectivity index (χ1v) is 10.9. The number of rotatable bonds is 10. The van der Waals surface area contributed by atoms with Crippen molar-refractivity contribution in [1.82, 2.24) is 19.9 Å². The molecule has 170 valence electrons. The number of benzene rings is 2. The van der Waals surface area contributed by atoms with E-state index in [0.717, 1.165) is 22.7 Å². The van der Waals surface area contributed by atoms with E-state index in [0.29, 0.717) is 24.7 Å². The third-order valence-corrected chi connectivity index (χ3v) is 5.06. The van der Waals surface area contributed by atoms with E-state index in [-0.39, 0.29) is 18.6 Å². The SMILES string of the molecule is CCOc1cc(CNC(C)c2nnc3ccccn23)ccc1OCC(=O)Nc1ccccc1. The summed E-state index contributed by atoms with van der Waals surface area (Å²) in [6.45, 7) is 4.96. The van der Waals surface area contributed by atoms with Gasteiger partial charge >= 0.3 is 0 Å². The van der Waals surface area contributed by atoms with E-state index in [1.165, 1.54) is 0 Å². The van der Waals surface area contributed by atoms with Gasteiger partial charge in [0.1, 0.15) is 0 Å². The lowest BCUT2D eigenvalue weighted by atomic mass is 10.2. The molecule has 1 unspecified atom stereocenters. The number of para-hydroxylation sites is 1. The van der Waals surface area contributed by atoms with Gasteiger partial charge in [-0.1, -0.05) is 30.3 Å². The van der Waals surface area contributed by atoms with Crippen LogP contribution in [0, 0.1) is 0 Å². The summed E-state index contributed by atoms with van der Waals surface area (Å²) in [6.07, 6.45) is 1.95. The number of carbonyl (C=O) groups is 1. The largest absolute Gasteiger partial charge is 0.490 e. The van der Waals surface area contributed by atoms with Crippen LogP contribution in [0.25, 0.3) is 5.65 Å². The molecular formula is C25H27N5O3. The summed E-state index contributed by atoms with van der Waals surface area (Å²) < 4.78 is 13.5. The summed E-state index contributed by atoms with van der Waals surface area (Å²) in [5, 5.41) is 14.8. The Kier molecular flexibility index (Phi) is 7.16. The fraction of sp³-hybridized carbons (Fsp3) is 0.240. The Bertz CT molecular complexity index is 1210. The van der Waals surface area contributed by atoms with Crippen molar-refractivity contribution in [2.24, 2.45) is 0 Å². The van der Waals surface area contributed by atoms with Crippen molar-refractivity contribution in [2.75, 3.05) is 18.5 Å². The molecule has 0 fully saturated rings. The van der Waals surface area contributed by atoms with Gasteiger partial charge < -0.3 is 20.1 Å². The molecular weight excluding hydrogens is 418 g/mol. The van der Waals surface area contributed by atoms with Crippen LogP contribution in [-0.2, 0) is 11.3 Å². The topological polar surface area (TPSA) is 89.8 Å². The van der Waals surface area contributed by atoms with Crippen molar-refractivity contribution in [3.05, 3.63) is 84.3 Å². The first-order valence-electron chi connectivity index (χ1n) is 10.9. The van der Waals surface area contributed by atoms with Gasteiger partial charge in [-0.2, -0.15) is 0 Å². The van der Waals surface area contributed by atoms with E-state index in [1.54, 1.807) is 0 Å². The zero-order chi connectivity index (χ0) is 23.0. The minimum absolute atomic E-state index is 0.00412. The predicted molar refractivity (Wildman–Crippen MR) is 126 cm³/mol. The minimum Gasteiger partial charge on any atom is -0.490 e. The summed E-state index contributed by atoms with van der Waals surface area (Å²) in [4.78, 5) is 12.2. The molecule has 0 aliphatic carbocycles. The first-order chi connectivity index (χ1) is 16.1. The number of nitrogens with one attached hydrogen (secondary N) is 2. The number of pyridine rings is 1. The number of carbonyl (C=O) groups excluding carboxylic acids is 1. The standard InChI is InChI=1S/C25H27N5O3/c1-3-32-22-15-19(16-26-18(2)25-29-28-23-11-7-8-14-30(23)25)12-13-21(22)33-17-24(31)27-20-9-5-4-6-10-20/h4-15,18,26H,3,16-17H2,1-2H3,(H,27,31). The summed E-state index contributed by atoms with van der Waals surface area (Å²) in [5.74, 6) is 1.74. The average molecular weight is 446 g/mol. The van der Waals surface area contributed by atoms with Gasteiger partial charge in [-0.25, -0.2) is 0 Å². The lowest BCUT2D eigenvalue weighted by Crippen LogP contribution is -2.21. The molecule has 33 heavy (non-hydrogen) atoms. The molecule has 0 aliphatic rings. The van der Waals surface area contributed by atoms with Crippen LogP contribution >= 0.6 is 0 Å². The van der Waals surface area contributed by atoms with Gasteiger partial charge in [0.2, 0.25) is 0 Å². The maximum atomic E-state index is 12.2. The van der Waals surface area contributed by atoms with Crippen LogP contribution in [0.2, 0.25) is 0 Å². The molecule has 0 saturated carbocycles. The summed E-state index contributed by atoms with van der Waals surface area (Å²) in [5.41, 5.74) is 2.57. The van der Waals surface area contributed by atoms with E-state index < -0.39 is 0 Å². The monoisotopic (exact) mass is 445 g/mol. The maximum absolute atomic E-state index is 12.2. The fourth-order valence-corrected chi connectivity index (χ4v) is 3.43. The number of hydrogen-bond acceptors (Lipinski definition) is 6. The molecule has 2 aromatic carbocycles. The third kappa shape index (κ3) is 5.67. The van der Waals surface area contributed by atoms with Gasteiger partial charge in [-0.05, 0) is 55.8 Å². The normalized spacial score (nSPS) is 11.8. The number of amides is 1. The van der Waals surface area contributed by atoms with Crippen LogP contribution in [0.4, 0.5) is 5.69 Å². The second kappa shape index (κ2) is 10.6. The number of fused-ring (bicyclic) bond motifs is 1. The number of hydrogen-bond donors (Lipinski definition) is 2. The van der Waals surface area contributed by atoms with Crippen LogP contribution in [0.15, 0.2) is 72.9 Å². The molecule has 4 rings (SSSR count). The Morgan fingerprint density at radius 1 is 1.00 bits per heavy atom. The van der Waals surface area contributed by atoms with Gasteiger partial charge in [0, 0.05) is 18.4 Å². The second-order valence-electron chi connectivity index (χ2n) is 7.51.